The van der Waals surface area contributed by atoms with Crippen LogP contribution in [0, 0.1) is 5.92 Å². The van der Waals surface area contributed by atoms with Crippen molar-refractivity contribution in [2.24, 2.45) is 5.92 Å². The van der Waals surface area contributed by atoms with Crippen LogP contribution in [0.3, 0.4) is 0 Å². The van der Waals surface area contributed by atoms with E-state index in [2.05, 4.69) is 11.3 Å². The van der Waals surface area contributed by atoms with E-state index in [0.29, 0.717) is 12.8 Å². The maximum atomic E-state index is 11.2. The summed E-state index contributed by atoms with van der Waals surface area (Å²) in [5.41, 5.74) is 0.789. The highest BCUT2D eigenvalue weighted by Crippen LogP contribution is 2.26. The van der Waals surface area contributed by atoms with Crippen molar-refractivity contribution in [3.05, 3.63) is 12.2 Å². The summed E-state index contributed by atoms with van der Waals surface area (Å²) in [4.78, 5) is 11.0. The van der Waals surface area contributed by atoms with Gasteiger partial charge in [0.05, 0.1) is 25.0 Å². The van der Waals surface area contributed by atoms with Gasteiger partial charge in [0.2, 0.25) is 0 Å². The largest absolute Gasteiger partial charge is 0.469 e. The number of methoxy groups -OCH3 is 1. The molecule has 0 aromatic heterocycles. The van der Waals surface area contributed by atoms with Gasteiger partial charge in [-0.05, 0) is 18.8 Å². The Labute approximate surface area is 90.2 Å². The van der Waals surface area contributed by atoms with E-state index in [1.165, 1.54) is 7.11 Å². The van der Waals surface area contributed by atoms with Crippen molar-refractivity contribution in [2.45, 2.75) is 19.3 Å². The molecule has 0 atom stereocenters. The molecule has 86 valence electrons. The molecular weight excluding hydrogens is 216 g/mol. The molecule has 0 unspecified atom stereocenters. The van der Waals surface area contributed by atoms with Gasteiger partial charge in [0.25, 0.3) is 0 Å². The lowest BCUT2D eigenvalue weighted by Gasteiger charge is -2.23. The number of sulfone groups is 1. The summed E-state index contributed by atoms with van der Waals surface area (Å²) in [6.07, 6.45) is 1.36. The number of rotatable bonds is 3. The third kappa shape index (κ3) is 3.66. The van der Waals surface area contributed by atoms with Crippen LogP contribution in [0.4, 0.5) is 0 Å². The van der Waals surface area contributed by atoms with Crippen LogP contribution in [0.5, 0.6) is 0 Å². The van der Waals surface area contributed by atoms with Gasteiger partial charge >= 0.3 is 5.97 Å². The molecular formula is C10H16O4S. The molecule has 5 heteroatoms. The number of carbonyl (C=O) groups is 1. The molecule has 0 N–H and O–H groups in total. The molecule has 15 heavy (non-hydrogen) atoms. The zero-order valence-corrected chi connectivity index (χ0v) is 9.68. The van der Waals surface area contributed by atoms with E-state index in [4.69, 9.17) is 0 Å². The van der Waals surface area contributed by atoms with E-state index in [9.17, 15) is 13.2 Å². The molecule has 1 aliphatic rings. The van der Waals surface area contributed by atoms with Crippen LogP contribution in [0.2, 0.25) is 0 Å². The molecule has 1 heterocycles. The Morgan fingerprint density at radius 2 is 1.93 bits per heavy atom. The van der Waals surface area contributed by atoms with Crippen LogP contribution in [0.15, 0.2) is 12.2 Å². The van der Waals surface area contributed by atoms with Gasteiger partial charge in [0.1, 0.15) is 9.84 Å². The van der Waals surface area contributed by atoms with Crippen molar-refractivity contribution in [1.29, 1.82) is 0 Å². The second-order valence-corrected chi connectivity index (χ2v) is 6.14. The Hall–Kier alpha value is -0.840. The van der Waals surface area contributed by atoms with Gasteiger partial charge in [-0.1, -0.05) is 12.2 Å². The molecule has 1 aliphatic heterocycles. The number of hydrogen-bond donors (Lipinski definition) is 0. The van der Waals surface area contributed by atoms with Crippen LogP contribution >= 0.6 is 0 Å². The Kier molecular flexibility index (Phi) is 3.90. The Bertz CT molecular complexity index is 342. The van der Waals surface area contributed by atoms with E-state index in [1.807, 2.05) is 0 Å². The molecule has 0 aliphatic carbocycles. The minimum atomic E-state index is -2.84. The van der Waals surface area contributed by atoms with E-state index in [0.717, 1.165) is 5.57 Å². The minimum absolute atomic E-state index is 0.146. The van der Waals surface area contributed by atoms with Crippen LogP contribution < -0.4 is 0 Å². The van der Waals surface area contributed by atoms with Crippen molar-refractivity contribution in [3.63, 3.8) is 0 Å². The van der Waals surface area contributed by atoms with Crippen LogP contribution in [0.25, 0.3) is 0 Å². The predicted molar refractivity (Wildman–Crippen MR) is 57.2 cm³/mol. The average molecular weight is 232 g/mol. The first-order chi connectivity index (χ1) is 6.94. The Morgan fingerprint density at radius 1 is 1.40 bits per heavy atom. The van der Waals surface area contributed by atoms with Gasteiger partial charge in [-0.3, -0.25) is 4.79 Å². The second-order valence-electron chi connectivity index (χ2n) is 3.84. The van der Waals surface area contributed by atoms with Crippen LogP contribution in [-0.2, 0) is 19.4 Å². The van der Waals surface area contributed by atoms with Gasteiger partial charge in [0, 0.05) is 0 Å². The summed E-state index contributed by atoms with van der Waals surface area (Å²) < 4.78 is 26.9. The van der Waals surface area contributed by atoms with Crippen LogP contribution in [-0.4, -0.2) is 33.0 Å². The number of esters is 1. The molecule has 0 amide bonds. The van der Waals surface area contributed by atoms with Crippen molar-refractivity contribution in [3.8, 4) is 0 Å². The molecule has 0 bridgehead atoms. The summed E-state index contributed by atoms with van der Waals surface area (Å²) >= 11 is 0. The lowest BCUT2D eigenvalue weighted by atomic mass is 9.92. The van der Waals surface area contributed by atoms with Gasteiger partial charge in [-0.2, -0.15) is 0 Å². The lowest BCUT2D eigenvalue weighted by Crippen LogP contribution is -2.24. The van der Waals surface area contributed by atoms with Gasteiger partial charge in [-0.25, -0.2) is 8.42 Å². The van der Waals surface area contributed by atoms with Gasteiger partial charge < -0.3 is 4.74 Å². The van der Waals surface area contributed by atoms with Gasteiger partial charge in [0.15, 0.2) is 0 Å². The van der Waals surface area contributed by atoms with Gasteiger partial charge in [-0.15, -0.1) is 0 Å². The SMILES string of the molecule is C=C(CC(=O)OC)C1CCS(=O)(=O)CC1. The smallest absolute Gasteiger partial charge is 0.309 e. The topological polar surface area (TPSA) is 60.4 Å². The van der Waals surface area contributed by atoms with E-state index >= 15 is 0 Å². The summed E-state index contributed by atoms with van der Waals surface area (Å²) in [7, 11) is -1.51. The fourth-order valence-electron chi connectivity index (χ4n) is 1.70. The predicted octanol–water partition coefficient (Wildman–Crippen LogP) is 0.931. The first-order valence-electron chi connectivity index (χ1n) is 4.89. The molecule has 0 spiro atoms. The standard InChI is InChI=1S/C10H16O4S/c1-8(7-10(11)14-2)9-3-5-15(12,13)6-4-9/h9H,1,3-7H2,2H3. The van der Waals surface area contributed by atoms with Crippen molar-refractivity contribution in [1.82, 2.24) is 0 Å². The monoisotopic (exact) mass is 232 g/mol. The molecule has 0 aromatic carbocycles. The zero-order chi connectivity index (χ0) is 11.5. The molecule has 1 saturated heterocycles. The van der Waals surface area contributed by atoms with Crippen molar-refractivity contribution in [2.75, 3.05) is 18.6 Å². The zero-order valence-electron chi connectivity index (χ0n) is 8.86. The van der Waals surface area contributed by atoms with Crippen LogP contribution in [0.1, 0.15) is 19.3 Å². The Balaban J connectivity index is 2.47. The summed E-state index contributed by atoms with van der Waals surface area (Å²) in [6, 6.07) is 0. The number of ether oxygens (including phenoxy) is 1. The summed E-state index contributed by atoms with van der Waals surface area (Å²) in [6.45, 7) is 3.82. The maximum Gasteiger partial charge on any atom is 0.309 e. The fraction of sp³-hybridized carbons (Fsp3) is 0.700. The first-order valence-corrected chi connectivity index (χ1v) is 6.71. The van der Waals surface area contributed by atoms with Crippen molar-refractivity contribution < 1.29 is 17.9 Å². The Morgan fingerprint density at radius 3 is 2.40 bits per heavy atom. The molecule has 0 aromatic rings. The van der Waals surface area contributed by atoms with Crippen molar-refractivity contribution >= 4 is 15.8 Å². The molecule has 4 nitrogen and oxygen atoms in total. The minimum Gasteiger partial charge on any atom is -0.469 e. The molecule has 1 rings (SSSR count). The highest BCUT2D eigenvalue weighted by atomic mass is 32.2. The first kappa shape index (κ1) is 12.2. The maximum absolute atomic E-state index is 11.2. The molecule has 0 saturated carbocycles. The van der Waals surface area contributed by atoms with E-state index in [1.54, 1.807) is 0 Å². The highest BCUT2D eigenvalue weighted by Gasteiger charge is 2.26. The fourth-order valence-corrected chi connectivity index (χ4v) is 3.19. The normalized spacial score (nSPS) is 20.9. The number of hydrogen-bond acceptors (Lipinski definition) is 4. The molecule has 1 fully saturated rings. The second kappa shape index (κ2) is 4.79. The number of carbonyl (C=O) groups excluding carboxylic acids is 1. The average Bonchev–Trinajstić information content (AvgIpc) is 2.17. The van der Waals surface area contributed by atoms with E-state index < -0.39 is 9.84 Å². The lowest BCUT2D eigenvalue weighted by molar-refractivity contribution is -0.139. The summed E-state index contributed by atoms with van der Waals surface area (Å²) in [5, 5.41) is 0. The third-order valence-corrected chi connectivity index (χ3v) is 4.45. The van der Waals surface area contributed by atoms with E-state index in [-0.39, 0.29) is 29.8 Å². The quantitative estimate of drug-likeness (QED) is 0.536. The highest BCUT2D eigenvalue weighted by molar-refractivity contribution is 7.91. The third-order valence-electron chi connectivity index (χ3n) is 2.73. The molecule has 0 radical (unpaired) electrons. The summed E-state index contributed by atoms with van der Waals surface area (Å²) in [5.74, 6) is 0.247.